The van der Waals surface area contributed by atoms with Gasteiger partial charge in [0, 0.05) is 13.0 Å². The van der Waals surface area contributed by atoms with Gasteiger partial charge in [0.05, 0.1) is 5.92 Å². The van der Waals surface area contributed by atoms with Crippen LogP contribution in [0.15, 0.2) is 0 Å². The van der Waals surface area contributed by atoms with Crippen LogP contribution in [0.1, 0.15) is 13.3 Å². The van der Waals surface area contributed by atoms with E-state index in [0.29, 0.717) is 4.90 Å². The molecule has 1 aliphatic rings. The zero-order chi connectivity index (χ0) is 11.8. The molecular formula is C8H11F3N2O2. The quantitative estimate of drug-likeness (QED) is 0.731. The van der Waals surface area contributed by atoms with Crippen molar-refractivity contribution in [3.63, 3.8) is 0 Å². The van der Waals surface area contributed by atoms with Crippen LogP contribution >= 0.6 is 0 Å². The van der Waals surface area contributed by atoms with Gasteiger partial charge in [-0.3, -0.25) is 9.59 Å². The molecule has 1 fully saturated rings. The van der Waals surface area contributed by atoms with E-state index in [1.54, 1.807) is 0 Å². The molecule has 0 saturated carbocycles. The van der Waals surface area contributed by atoms with Crippen molar-refractivity contribution in [2.24, 2.45) is 11.7 Å². The van der Waals surface area contributed by atoms with Crippen molar-refractivity contribution in [1.82, 2.24) is 4.90 Å². The van der Waals surface area contributed by atoms with Crippen LogP contribution in [-0.2, 0) is 9.59 Å². The molecule has 0 aromatic rings. The highest BCUT2D eigenvalue weighted by Gasteiger charge is 2.46. The first-order valence-electron chi connectivity index (χ1n) is 4.39. The predicted molar refractivity (Wildman–Crippen MR) is 44.5 cm³/mol. The van der Waals surface area contributed by atoms with Gasteiger partial charge in [0.2, 0.25) is 11.8 Å². The molecule has 0 spiro atoms. The average Bonchev–Trinajstić information content (AvgIpc) is 2.44. The summed E-state index contributed by atoms with van der Waals surface area (Å²) in [4.78, 5) is 22.6. The molecule has 0 aromatic heterocycles. The van der Waals surface area contributed by atoms with Gasteiger partial charge in [0.15, 0.2) is 0 Å². The van der Waals surface area contributed by atoms with Crippen molar-refractivity contribution in [2.75, 3.05) is 6.54 Å². The van der Waals surface area contributed by atoms with Crippen molar-refractivity contribution in [3.05, 3.63) is 0 Å². The van der Waals surface area contributed by atoms with Gasteiger partial charge in [-0.25, -0.2) is 0 Å². The van der Waals surface area contributed by atoms with E-state index in [1.807, 2.05) is 0 Å². The number of primary amides is 1. The highest BCUT2D eigenvalue weighted by atomic mass is 19.4. The monoisotopic (exact) mass is 224 g/mol. The summed E-state index contributed by atoms with van der Waals surface area (Å²) >= 11 is 0. The molecule has 15 heavy (non-hydrogen) atoms. The summed E-state index contributed by atoms with van der Waals surface area (Å²) in [5.41, 5.74) is 4.93. The second-order valence-corrected chi connectivity index (χ2v) is 3.57. The number of carbonyl (C=O) groups is 2. The fourth-order valence-corrected chi connectivity index (χ4v) is 1.47. The SMILES string of the molecule is CC(N1CC(C(N)=O)CC1=O)C(F)(F)F. The molecule has 2 amide bonds. The van der Waals surface area contributed by atoms with E-state index in [0.717, 1.165) is 6.92 Å². The van der Waals surface area contributed by atoms with Gasteiger partial charge in [-0.1, -0.05) is 0 Å². The number of carbonyl (C=O) groups excluding carboxylic acids is 2. The third-order valence-corrected chi connectivity index (χ3v) is 2.50. The Labute approximate surface area is 84.2 Å². The first-order chi connectivity index (χ1) is 6.73. The maximum absolute atomic E-state index is 12.3. The van der Waals surface area contributed by atoms with Gasteiger partial charge in [-0.2, -0.15) is 13.2 Å². The molecule has 1 aliphatic heterocycles. The normalized spacial score (nSPS) is 24.4. The van der Waals surface area contributed by atoms with Crippen LogP contribution in [0.4, 0.5) is 13.2 Å². The maximum Gasteiger partial charge on any atom is 0.408 e. The number of hydrogen-bond donors (Lipinski definition) is 1. The third kappa shape index (κ3) is 2.40. The number of likely N-dealkylation sites (tertiary alicyclic amines) is 1. The van der Waals surface area contributed by atoms with Crippen molar-refractivity contribution in [1.29, 1.82) is 0 Å². The lowest BCUT2D eigenvalue weighted by Gasteiger charge is -2.26. The van der Waals surface area contributed by atoms with Gasteiger partial charge in [0.25, 0.3) is 0 Å². The van der Waals surface area contributed by atoms with Crippen LogP contribution in [0, 0.1) is 5.92 Å². The Kier molecular flexibility index (Phi) is 2.92. The van der Waals surface area contributed by atoms with E-state index in [1.165, 1.54) is 0 Å². The Morgan fingerprint density at radius 2 is 2.13 bits per heavy atom. The Morgan fingerprint density at radius 1 is 1.60 bits per heavy atom. The van der Waals surface area contributed by atoms with Crippen LogP contribution in [-0.4, -0.2) is 35.5 Å². The van der Waals surface area contributed by atoms with Crippen molar-refractivity contribution in [3.8, 4) is 0 Å². The van der Waals surface area contributed by atoms with Gasteiger partial charge in [-0.05, 0) is 6.92 Å². The molecule has 1 saturated heterocycles. The Balaban J connectivity index is 2.74. The Hall–Kier alpha value is -1.27. The van der Waals surface area contributed by atoms with Gasteiger partial charge < -0.3 is 10.6 Å². The molecule has 2 N–H and O–H groups in total. The van der Waals surface area contributed by atoms with Crippen LogP contribution < -0.4 is 5.73 Å². The largest absolute Gasteiger partial charge is 0.408 e. The third-order valence-electron chi connectivity index (χ3n) is 2.50. The summed E-state index contributed by atoms with van der Waals surface area (Å²) in [7, 11) is 0. The summed E-state index contributed by atoms with van der Waals surface area (Å²) in [5.74, 6) is -2.22. The highest BCUT2D eigenvalue weighted by Crippen LogP contribution is 2.29. The number of hydrogen-bond acceptors (Lipinski definition) is 2. The van der Waals surface area contributed by atoms with Gasteiger partial charge >= 0.3 is 6.18 Å². The minimum Gasteiger partial charge on any atom is -0.369 e. The highest BCUT2D eigenvalue weighted by molar-refractivity contribution is 5.88. The van der Waals surface area contributed by atoms with Crippen LogP contribution in [0.25, 0.3) is 0 Å². The molecule has 4 nitrogen and oxygen atoms in total. The summed E-state index contributed by atoms with van der Waals surface area (Å²) in [6, 6.07) is -1.87. The molecular weight excluding hydrogens is 213 g/mol. The summed E-state index contributed by atoms with van der Waals surface area (Å²) in [6.07, 6.45) is -4.70. The Morgan fingerprint density at radius 3 is 2.47 bits per heavy atom. The Bertz CT molecular complexity index is 290. The molecule has 1 rings (SSSR count). The lowest BCUT2D eigenvalue weighted by molar-refractivity contribution is -0.182. The second-order valence-electron chi connectivity index (χ2n) is 3.57. The van der Waals surface area contributed by atoms with Gasteiger partial charge in [-0.15, -0.1) is 0 Å². The minimum atomic E-state index is -4.47. The fraction of sp³-hybridized carbons (Fsp3) is 0.750. The molecule has 1 heterocycles. The molecule has 2 unspecified atom stereocenters. The maximum atomic E-state index is 12.3. The molecule has 0 bridgehead atoms. The van der Waals surface area contributed by atoms with Crippen LogP contribution in [0.2, 0.25) is 0 Å². The number of alkyl halides is 3. The molecule has 0 aromatic carbocycles. The van der Waals surface area contributed by atoms with Crippen molar-refractivity contribution < 1.29 is 22.8 Å². The zero-order valence-electron chi connectivity index (χ0n) is 8.04. The summed E-state index contributed by atoms with van der Waals surface area (Å²) in [5, 5.41) is 0. The van der Waals surface area contributed by atoms with E-state index >= 15 is 0 Å². The number of rotatable bonds is 2. The molecule has 7 heteroatoms. The number of nitrogens with zero attached hydrogens (tertiary/aromatic N) is 1. The summed E-state index contributed by atoms with van der Waals surface area (Å²) < 4.78 is 36.9. The number of nitrogens with two attached hydrogens (primary N) is 1. The van der Waals surface area contributed by atoms with Crippen LogP contribution in [0.5, 0.6) is 0 Å². The summed E-state index contributed by atoms with van der Waals surface area (Å²) in [6.45, 7) is 0.649. The predicted octanol–water partition coefficient (Wildman–Crippen LogP) is 0.271. The lowest BCUT2D eigenvalue weighted by atomic mass is 10.1. The topological polar surface area (TPSA) is 63.4 Å². The fourth-order valence-electron chi connectivity index (χ4n) is 1.47. The molecule has 0 radical (unpaired) electrons. The smallest absolute Gasteiger partial charge is 0.369 e. The first-order valence-corrected chi connectivity index (χ1v) is 4.39. The van der Waals surface area contributed by atoms with E-state index in [4.69, 9.17) is 5.73 Å². The van der Waals surface area contributed by atoms with Gasteiger partial charge in [0.1, 0.15) is 6.04 Å². The van der Waals surface area contributed by atoms with E-state index in [2.05, 4.69) is 0 Å². The van der Waals surface area contributed by atoms with Crippen molar-refractivity contribution >= 4 is 11.8 Å². The number of halogens is 3. The van der Waals surface area contributed by atoms with E-state index < -0.39 is 30.0 Å². The standard InChI is InChI=1S/C8H11F3N2O2/c1-4(8(9,10)11)13-3-5(7(12)15)2-6(13)14/h4-5H,2-3H2,1H3,(H2,12,15). The van der Waals surface area contributed by atoms with E-state index in [9.17, 15) is 22.8 Å². The van der Waals surface area contributed by atoms with E-state index in [-0.39, 0.29) is 13.0 Å². The van der Waals surface area contributed by atoms with Crippen LogP contribution in [0.3, 0.4) is 0 Å². The van der Waals surface area contributed by atoms with Crippen molar-refractivity contribution in [2.45, 2.75) is 25.6 Å². The molecule has 2 atom stereocenters. The second kappa shape index (κ2) is 3.71. The average molecular weight is 224 g/mol. The number of amides is 2. The first kappa shape index (κ1) is 11.8. The molecule has 0 aliphatic carbocycles. The minimum absolute atomic E-state index is 0.226. The molecule has 86 valence electrons. The zero-order valence-corrected chi connectivity index (χ0v) is 8.04. The lowest BCUT2D eigenvalue weighted by Crippen LogP contribution is -2.44.